The van der Waals surface area contributed by atoms with Crippen molar-refractivity contribution in [3.63, 3.8) is 0 Å². The van der Waals surface area contributed by atoms with E-state index < -0.39 is 0 Å². The molecule has 0 spiro atoms. The van der Waals surface area contributed by atoms with Gasteiger partial charge in [0.1, 0.15) is 12.3 Å². The summed E-state index contributed by atoms with van der Waals surface area (Å²) in [7, 11) is 1.67. The van der Waals surface area contributed by atoms with Gasteiger partial charge < -0.3 is 19.9 Å². The van der Waals surface area contributed by atoms with E-state index in [4.69, 9.17) is 9.26 Å². The third-order valence-corrected chi connectivity index (χ3v) is 3.16. The van der Waals surface area contributed by atoms with Crippen molar-refractivity contribution in [3.8, 4) is 5.75 Å². The number of aromatic nitrogens is 2. The normalized spacial score (nSPS) is 10.9. The Morgan fingerprint density at radius 3 is 2.58 bits per heavy atom. The fraction of sp³-hybridized carbons (Fsp3) is 0.438. The smallest absolute Gasteiger partial charge is 0.223 e. The quantitative estimate of drug-likeness (QED) is 0.387. The van der Waals surface area contributed by atoms with Crippen LogP contribution >= 0.6 is 24.0 Å². The number of hydrogen-bond donors (Lipinski definition) is 2. The monoisotopic (exact) mass is 445 g/mol. The highest BCUT2D eigenvalue weighted by molar-refractivity contribution is 14.0. The molecule has 7 nitrogen and oxygen atoms in total. The van der Waals surface area contributed by atoms with E-state index in [0.717, 1.165) is 31.2 Å². The molecule has 0 unspecified atom stereocenters. The van der Waals surface area contributed by atoms with Crippen molar-refractivity contribution in [2.24, 2.45) is 4.99 Å². The molecule has 0 saturated heterocycles. The van der Waals surface area contributed by atoms with Crippen molar-refractivity contribution in [1.29, 1.82) is 0 Å². The summed E-state index contributed by atoms with van der Waals surface area (Å²) in [4.78, 5) is 8.58. The van der Waals surface area contributed by atoms with E-state index in [-0.39, 0.29) is 24.0 Å². The van der Waals surface area contributed by atoms with Gasteiger partial charge in [0.05, 0.1) is 7.11 Å². The molecule has 1 heterocycles. The van der Waals surface area contributed by atoms with Crippen molar-refractivity contribution in [3.05, 3.63) is 41.5 Å². The van der Waals surface area contributed by atoms with Crippen LogP contribution in [0.1, 0.15) is 24.2 Å². The van der Waals surface area contributed by atoms with Gasteiger partial charge in [-0.05, 0) is 31.0 Å². The highest BCUT2D eigenvalue weighted by Gasteiger charge is 2.03. The van der Waals surface area contributed by atoms with Crippen LogP contribution in [0.15, 0.2) is 33.8 Å². The lowest BCUT2D eigenvalue weighted by Gasteiger charge is -2.11. The van der Waals surface area contributed by atoms with Crippen molar-refractivity contribution in [2.75, 3.05) is 20.2 Å². The second-order valence-electron chi connectivity index (χ2n) is 4.95. The van der Waals surface area contributed by atoms with Gasteiger partial charge in [-0.3, -0.25) is 0 Å². The molecular weight excluding hydrogens is 421 g/mol. The highest BCUT2D eigenvalue weighted by Crippen LogP contribution is 2.11. The van der Waals surface area contributed by atoms with Gasteiger partial charge in [0.25, 0.3) is 0 Å². The third-order valence-electron chi connectivity index (χ3n) is 3.16. The standard InChI is InChI=1S/C16H23N5O2.HI/c1-4-17-16(19-11-15-20-12(2)23-21-15)18-10-9-13-5-7-14(22-3)8-6-13;/h5-8H,4,9-11H2,1-3H3,(H2,17,18,19);1H. The van der Waals surface area contributed by atoms with Gasteiger partial charge in [0.2, 0.25) is 5.89 Å². The van der Waals surface area contributed by atoms with Crippen LogP contribution in [0.5, 0.6) is 5.75 Å². The highest BCUT2D eigenvalue weighted by atomic mass is 127. The molecule has 2 rings (SSSR count). The van der Waals surface area contributed by atoms with Crippen molar-refractivity contribution >= 4 is 29.9 Å². The Morgan fingerprint density at radius 1 is 1.25 bits per heavy atom. The molecule has 0 atom stereocenters. The zero-order valence-electron chi connectivity index (χ0n) is 14.2. The zero-order chi connectivity index (χ0) is 16.5. The van der Waals surface area contributed by atoms with Crippen LogP contribution in [0.3, 0.4) is 0 Å². The number of aryl methyl sites for hydroxylation is 1. The van der Waals surface area contributed by atoms with E-state index in [9.17, 15) is 0 Å². The number of halogens is 1. The Kier molecular flexibility index (Phi) is 9.13. The van der Waals surface area contributed by atoms with E-state index >= 15 is 0 Å². The average molecular weight is 445 g/mol. The first-order valence-corrected chi connectivity index (χ1v) is 7.65. The summed E-state index contributed by atoms with van der Waals surface area (Å²) in [6.45, 7) is 5.75. The van der Waals surface area contributed by atoms with Gasteiger partial charge in [0.15, 0.2) is 11.8 Å². The summed E-state index contributed by atoms with van der Waals surface area (Å²) < 4.78 is 10.1. The van der Waals surface area contributed by atoms with E-state index in [0.29, 0.717) is 18.3 Å². The fourth-order valence-corrected chi connectivity index (χ4v) is 2.01. The van der Waals surface area contributed by atoms with Crippen molar-refractivity contribution < 1.29 is 9.26 Å². The largest absolute Gasteiger partial charge is 0.497 e. The van der Waals surface area contributed by atoms with Gasteiger partial charge in [-0.25, -0.2) is 4.99 Å². The van der Waals surface area contributed by atoms with Crippen LogP contribution in [-0.4, -0.2) is 36.3 Å². The SMILES string of the molecule is CCNC(=NCc1noc(C)n1)NCCc1ccc(OC)cc1.I. The minimum Gasteiger partial charge on any atom is -0.497 e. The number of rotatable bonds is 7. The Morgan fingerprint density at radius 2 is 2.00 bits per heavy atom. The lowest BCUT2D eigenvalue weighted by atomic mass is 10.1. The fourth-order valence-electron chi connectivity index (χ4n) is 2.01. The number of guanidine groups is 1. The van der Waals surface area contributed by atoms with E-state index in [1.165, 1.54) is 5.56 Å². The molecule has 0 bridgehead atoms. The summed E-state index contributed by atoms with van der Waals surface area (Å²) in [5.41, 5.74) is 1.24. The number of aliphatic imine (C=N–C) groups is 1. The Hall–Kier alpha value is -1.84. The minimum absolute atomic E-state index is 0. The molecule has 0 aliphatic rings. The number of methoxy groups -OCH3 is 1. The van der Waals surface area contributed by atoms with Crippen LogP contribution in [0, 0.1) is 6.92 Å². The maximum absolute atomic E-state index is 5.16. The van der Waals surface area contributed by atoms with Crippen molar-refractivity contribution in [2.45, 2.75) is 26.8 Å². The third kappa shape index (κ3) is 6.73. The molecule has 2 aromatic rings. The first kappa shape index (κ1) is 20.2. The van der Waals surface area contributed by atoms with Gasteiger partial charge >= 0.3 is 0 Å². The average Bonchev–Trinajstić information content (AvgIpc) is 2.99. The number of nitrogens with one attached hydrogen (secondary N) is 2. The molecule has 0 aliphatic heterocycles. The zero-order valence-corrected chi connectivity index (χ0v) is 16.5. The van der Waals surface area contributed by atoms with Gasteiger partial charge in [-0.15, -0.1) is 24.0 Å². The molecule has 132 valence electrons. The second kappa shape index (κ2) is 10.8. The molecule has 0 fully saturated rings. The molecule has 24 heavy (non-hydrogen) atoms. The lowest BCUT2D eigenvalue weighted by Crippen LogP contribution is -2.38. The van der Waals surface area contributed by atoms with Gasteiger partial charge in [-0.2, -0.15) is 4.98 Å². The summed E-state index contributed by atoms with van der Waals surface area (Å²) in [6.07, 6.45) is 0.899. The van der Waals surface area contributed by atoms with E-state index in [1.54, 1.807) is 14.0 Å². The maximum atomic E-state index is 5.16. The Labute approximate surface area is 159 Å². The van der Waals surface area contributed by atoms with E-state index in [1.807, 2.05) is 19.1 Å². The van der Waals surface area contributed by atoms with Crippen LogP contribution < -0.4 is 15.4 Å². The summed E-state index contributed by atoms with van der Waals surface area (Å²) in [6, 6.07) is 8.06. The molecule has 0 saturated carbocycles. The molecular formula is C16H24IN5O2. The maximum Gasteiger partial charge on any atom is 0.223 e. The predicted octanol–water partition coefficient (Wildman–Crippen LogP) is 2.30. The molecule has 1 aromatic heterocycles. The summed E-state index contributed by atoms with van der Waals surface area (Å²) in [5, 5.41) is 10.3. The van der Waals surface area contributed by atoms with Gasteiger partial charge in [-0.1, -0.05) is 17.3 Å². The van der Waals surface area contributed by atoms with Gasteiger partial charge in [0, 0.05) is 20.0 Å². The topological polar surface area (TPSA) is 84.6 Å². The molecule has 0 aliphatic carbocycles. The first-order valence-electron chi connectivity index (χ1n) is 7.65. The molecule has 1 aromatic carbocycles. The Bertz CT molecular complexity index is 628. The lowest BCUT2D eigenvalue weighted by molar-refractivity contribution is 0.387. The van der Waals surface area contributed by atoms with Crippen molar-refractivity contribution in [1.82, 2.24) is 20.8 Å². The predicted molar refractivity (Wildman–Crippen MR) is 104 cm³/mol. The van der Waals surface area contributed by atoms with E-state index in [2.05, 4.69) is 37.9 Å². The number of benzene rings is 1. The Balaban J connectivity index is 0.00000288. The molecule has 2 N–H and O–H groups in total. The van der Waals surface area contributed by atoms with Crippen LogP contribution in [-0.2, 0) is 13.0 Å². The van der Waals surface area contributed by atoms with Crippen LogP contribution in [0.4, 0.5) is 0 Å². The molecule has 0 radical (unpaired) electrons. The van der Waals surface area contributed by atoms with Crippen LogP contribution in [0.2, 0.25) is 0 Å². The number of nitrogens with zero attached hydrogens (tertiary/aromatic N) is 3. The minimum atomic E-state index is 0. The number of hydrogen-bond acceptors (Lipinski definition) is 5. The second-order valence-corrected chi connectivity index (χ2v) is 4.95. The van der Waals surface area contributed by atoms with Crippen LogP contribution in [0.25, 0.3) is 0 Å². The molecule has 8 heteroatoms. The summed E-state index contributed by atoms with van der Waals surface area (Å²) in [5.74, 6) is 2.73. The number of ether oxygens (including phenoxy) is 1. The molecule has 0 amide bonds. The summed E-state index contributed by atoms with van der Waals surface area (Å²) >= 11 is 0. The first-order chi connectivity index (χ1) is 11.2.